The Labute approximate surface area is 78.2 Å². The Kier molecular flexibility index (Phi) is 3.58. The van der Waals surface area contributed by atoms with Gasteiger partial charge in [0.1, 0.15) is 6.61 Å². The third-order valence-corrected chi connectivity index (χ3v) is 1.68. The van der Waals surface area contributed by atoms with E-state index in [0.717, 1.165) is 5.56 Å². The van der Waals surface area contributed by atoms with Crippen LogP contribution in [0.2, 0.25) is 0 Å². The molecule has 1 aromatic carbocycles. The molecule has 0 bridgehead atoms. The maximum atomic E-state index is 5.18. The molecule has 1 radical (unpaired) electrons. The molecule has 0 fully saturated rings. The van der Waals surface area contributed by atoms with Crippen molar-refractivity contribution < 1.29 is 14.2 Å². The molecular formula is C10H13O3. The second kappa shape index (κ2) is 4.72. The van der Waals surface area contributed by atoms with Crippen LogP contribution in [-0.4, -0.2) is 21.3 Å². The van der Waals surface area contributed by atoms with Crippen LogP contribution in [0, 0.1) is 6.61 Å². The van der Waals surface area contributed by atoms with Crippen LogP contribution in [0.4, 0.5) is 0 Å². The van der Waals surface area contributed by atoms with E-state index >= 15 is 0 Å². The number of methoxy groups -OCH3 is 3. The van der Waals surface area contributed by atoms with Gasteiger partial charge in [-0.25, -0.2) is 0 Å². The topological polar surface area (TPSA) is 27.7 Å². The average molecular weight is 181 g/mol. The molecule has 0 amide bonds. The minimum atomic E-state index is 0.687. The van der Waals surface area contributed by atoms with Crippen LogP contribution < -0.4 is 9.47 Å². The lowest BCUT2D eigenvalue weighted by molar-refractivity contribution is 0.285. The first kappa shape index (κ1) is 9.86. The van der Waals surface area contributed by atoms with Crippen LogP contribution in [-0.2, 0) is 4.74 Å². The summed E-state index contributed by atoms with van der Waals surface area (Å²) in [5, 5.41) is 0. The van der Waals surface area contributed by atoms with Gasteiger partial charge >= 0.3 is 0 Å². The zero-order valence-corrected chi connectivity index (χ0v) is 8.03. The maximum absolute atomic E-state index is 5.18. The Bertz CT molecular complexity index is 271. The van der Waals surface area contributed by atoms with Crippen molar-refractivity contribution in [3.05, 3.63) is 30.4 Å². The molecule has 1 rings (SSSR count). The zero-order chi connectivity index (χ0) is 9.68. The van der Waals surface area contributed by atoms with E-state index in [2.05, 4.69) is 0 Å². The van der Waals surface area contributed by atoms with Gasteiger partial charge in [-0.2, -0.15) is 0 Å². The second-order valence-corrected chi connectivity index (χ2v) is 2.44. The smallest absolute Gasteiger partial charge is 0.166 e. The first-order chi connectivity index (χ1) is 6.33. The van der Waals surface area contributed by atoms with Gasteiger partial charge in [-0.3, -0.25) is 0 Å². The fraction of sp³-hybridized carbons (Fsp3) is 0.300. The lowest BCUT2D eigenvalue weighted by atomic mass is 10.2. The molecule has 1 aromatic rings. The molecule has 0 spiro atoms. The van der Waals surface area contributed by atoms with Gasteiger partial charge in [-0.1, -0.05) is 12.1 Å². The summed E-state index contributed by atoms with van der Waals surface area (Å²) in [4.78, 5) is 0. The molecule has 0 aromatic heterocycles. The van der Waals surface area contributed by atoms with Crippen molar-refractivity contribution in [1.82, 2.24) is 0 Å². The Balaban J connectivity index is 3.03. The highest BCUT2D eigenvalue weighted by Crippen LogP contribution is 2.31. The monoisotopic (exact) mass is 181 g/mol. The Hall–Kier alpha value is -1.22. The van der Waals surface area contributed by atoms with Crippen LogP contribution >= 0.6 is 0 Å². The first-order valence-corrected chi connectivity index (χ1v) is 3.90. The molecule has 0 aliphatic rings. The van der Waals surface area contributed by atoms with Gasteiger partial charge in [0.2, 0.25) is 0 Å². The van der Waals surface area contributed by atoms with Gasteiger partial charge in [0.05, 0.1) is 14.2 Å². The van der Waals surface area contributed by atoms with Gasteiger partial charge in [-0.15, -0.1) is 0 Å². The number of para-hydroxylation sites is 1. The molecule has 3 nitrogen and oxygen atoms in total. The molecule has 0 aliphatic carbocycles. The highest BCUT2D eigenvalue weighted by atomic mass is 16.5. The van der Waals surface area contributed by atoms with Crippen molar-refractivity contribution in [3.63, 3.8) is 0 Å². The second-order valence-electron chi connectivity index (χ2n) is 2.44. The van der Waals surface area contributed by atoms with Crippen molar-refractivity contribution in [3.8, 4) is 11.5 Å². The van der Waals surface area contributed by atoms with Crippen molar-refractivity contribution >= 4 is 0 Å². The molecule has 0 saturated carbocycles. The zero-order valence-electron chi connectivity index (χ0n) is 8.03. The van der Waals surface area contributed by atoms with Crippen LogP contribution in [0.3, 0.4) is 0 Å². The number of benzene rings is 1. The Morgan fingerprint density at radius 3 is 2.38 bits per heavy atom. The Morgan fingerprint density at radius 2 is 1.85 bits per heavy atom. The van der Waals surface area contributed by atoms with Gasteiger partial charge in [-0.05, 0) is 6.07 Å². The summed E-state index contributed by atoms with van der Waals surface area (Å²) in [6.45, 7) is 1.61. The van der Waals surface area contributed by atoms with E-state index in [0.29, 0.717) is 11.5 Å². The molecule has 0 atom stereocenters. The van der Waals surface area contributed by atoms with E-state index < -0.39 is 0 Å². The van der Waals surface area contributed by atoms with Gasteiger partial charge < -0.3 is 14.2 Å². The predicted molar refractivity (Wildman–Crippen MR) is 50.0 cm³/mol. The lowest BCUT2D eigenvalue weighted by Gasteiger charge is -2.10. The first-order valence-electron chi connectivity index (χ1n) is 3.90. The maximum Gasteiger partial charge on any atom is 0.166 e. The summed E-state index contributed by atoms with van der Waals surface area (Å²) in [7, 11) is 4.80. The summed E-state index contributed by atoms with van der Waals surface area (Å²) >= 11 is 0. The molecule has 0 N–H and O–H groups in total. The minimum absolute atomic E-state index is 0.687. The van der Waals surface area contributed by atoms with Crippen LogP contribution in [0.25, 0.3) is 0 Å². The number of ether oxygens (including phenoxy) is 3. The van der Waals surface area contributed by atoms with E-state index in [1.54, 1.807) is 27.9 Å². The SMILES string of the molecule is CO[CH]c1cccc(OC)c1OC. The number of rotatable bonds is 4. The van der Waals surface area contributed by atoms with Crippen LogP contribution in [0.15, 0.2) is 18.2 Å². The number of hydrogen-bond donors (Lipinski definition) is 0. The summed E-state index contributed by atoms with van der Waals surface area (Å²) < 4.78 is 15.2. The summed E-state index contributed by atoms with van der Waals surface area (Å²) in [6.07, 6.45) is 0. The van der Waals surface area contributed by atoms with E-state index in [1.807, 2.05) is 18.2 Å². The van der Waals surface area contributed by atoms with Gasteiger partial charge in [0.25, 0.3) is 0 Å². The standard InChI is InChI=1S/C10H13O3/c1-11-7-8-5-4-6-9(12-2)10(8)13-3/h4-7H,1-3H3. The lowest BCUT2D eigenvalue weighted by Crippen LogP contribution is -1.95. The van der Waals surface area contributed by atoms with E-state index in [4.69, 9.17) is 14.2 Å². The molecule has 0 saturated heterocycles. The van der Waals surface area contributed by atoms with Crippen molar-refractivity contribution in [2.45, 2.75) is 0 Å². The molecule has 0 unspecified atom stereocenters. The normalized spacial score (nSPS) is 9.77. The minimum Gasteiger partial charge on any atom is -0.493 e. The highest BCUT2D eigenvalue weighted by Gasteiger charge is 2.08. The molecule has 3 heteroatoms. The fourth-order valence-electron chi connectivity index (χ4n) is 1.13. The molecule has 13 heavy (non-hydrogen) atoms. The highest BCUT2D eigenvalue weighted by molar-refractivity contribution is 5.48. The number of hydrogen-bond acceptors (Lipinski definition) is 3. The average Bonchev–Trinajstić information content (AvgIpc) is 2.18. The predicted octanol–water partition coefficient (Wildman–Crippen LogP) is 1.86. The van der Waals surface area contributed by atoms with E-state index in [9.17, 15) is 0 Å². The van der Waals surface area contributed by atoms with Crippen LogP contribution in [0.5, 0.6) is 11.5 Å². The van der Waals surface area contributed by atoms with Crippen molar-refractivity contribution in [2.24, 2.45) is 0 Å². The Morgan fingerprint density at radius 1 is 1.08 bits per heavy atom. The van der Waals surface area contributed by atoms with Crippen LogP contribution in [0.1, 0.15) is 5.56 Å². The largest absolute Gasteiger partial charge is 0.493 e. The summed E-state index contributed by atoms with van der Waals surface area (Å²) in [5.41, 5.74) is 0.865. The third-order valence-electron chi connectivity index (χ3n) is 1.68. The molecule has 71 valence electrons. The van der Waals surface area contributed by atoms with E-state index in [1.165, 1.54) is 0 Å². The quantitative estimate of drug-likeness (QED) is 0.709. The third kappa shape index (κ3) is 2.12. The molecule has 0 aliphatic heterocycles. The van der Waals surface area contributed by atoms with Gasteiger partial charge in [0, 0.05) is 12.7 Å². The summed E-state index contributed by atoms with van der Waals surface area (Å²) in [5.74, 6) is 1.39. The van der Waals surface area contributed by atoms with Crippen molar-refractivity contribution in [1.29, 1.82) is 0 Å². The molecular weight excluding hydrogens is 168 g/mol. The summed E-state index contributed by atoms with van der Waals surface area (Å²) in [6, 6.07) is 5.61. The van der Waals surface area contributed by atoms with Crippen molar-refractivity contribution in [2.75, 3.05) is 21.3 Å². The van der Waals surface area contributed by atoms with Gasteiger partial charge in [0.15, 0.2) is 11.5 Å². The van der Waals surface area contributed by atoms with E-state index in [-0.39, 0.29) is 0 Å². The molecule has 0 heterocycles. The fourth-order valence-corrected chi connectivity index (χ4v) is 1.13.